The van der Waals surface area contributed by atoms with Gasteiger partial charge in [-0.15, -0.1) is 0 Å². The van der Waals surface area contributed by atoms with E-state index in [2.05, 4.69) is 32.3 Å². The Bertz CT molecular complexity index is 659. The average molecular weight is 295 g/mol. The molecule has 2 aromatic rings. The van der Waals surface area contributed by atoms with Gasteiger partial charge in [0.15, 0.2) is 5.69 Å². The fourth-order valence-corrected chi connectivity index (χ4v) is 2.36. The highest BCUT2D eigenvalue weighted by Crippen LogP contribution is 2.17. The number of rotatable bonds is 4. The van der Waals surface area contributed by atoms with Gasteiger partial charge in [-0.25, -0.2) is 9.97 Å². The zero-order valence-electron chi connectivity index (χ0n) is 12.2. The predicted octanol–water partition coefficient (Wildman–Crippen LogP) is 1.92. The first-order valence-electron chi connectivity index (χ1n) is 7.22. The van der Waals surface area contributed by atoms with Crippen molar-refractivity contribution < 1.29 is 4.74 Å². The van der Waals surface area contributed by atoms with Gasteiger partial charge in [0, 0.05) is 25.3 Å². The van der Waals surface area contributed by atoms with Gasteiger partial charge in [-0.05, 0) is 17.7 Å². The molecule has 0 atom stereocenters. The van der Waals surface area contributed by atoms with Crippen LogP contribution in [-0.4, -0.2) is 41.2 Å². The maximum absolute atomic E-state index is 8.72. The van der Waals surface area contributed by atoms with Crippen LogP contribution in [0.4, 0.5) is 11.5 Å². The number of hydrogen-bond acceptors (Lipinski definition) is 6. The van der Waals surface area contributed by atoms with E-state index in [4.69, 9.17) is 10.00 Å². The van der Waals surface area contributed by atoms with Crippen LogP contribution >= 0.6 is 0 Å². The van der Waals surface area contributed by atoms with Crippen LogP contribution in [0.25, 0.3) is 0 Å². The second-order valence-electron chi connectivity index (χ2n) is 5.11. The number of nitrogens with one attached hydrogen (secondary N) is 1. The predicted molar refractivity (Wildman–Crippen MR) is 82.6 cm³/mol. The van der Waals surface area contributed by atoms with Crippen LogP contribution in [0.2, 0.25) is 0 Å². The highest BCUT2D eigenvalue weighted by molar-refractivity contribution is 5.56. The molecule has 0 aliphatic carbocycles. The van der Waals surface area contributed by atoms with Crippen molar-refractivity contribution in [2.24, 2.45) is 0 Å². The average Bonchev–Trinajstić information content (AvgIpc) is 2.57. The molecule has 0 amide bonds. The van der Waals surface area contributed by atoms with E-state index in [0.29, 0.717) is 11.5 Å². The number of benzene rings is 1. The van der Waals surface area contributed by atoms with Crippen LogP contribution in [0.1, 0.15) is 11.3 Å². The van der Waals surface area contributed by atoms with Crippen molar-refractivity contribution in [2.45, 2.75) is 6.54 Å². The molecule has 6 heteroatoms. The molecule has 1 aliphatic heterocycles. The summed E-state index contributed by atoms with van der Waals surface area (Å²) >= 11 is 0. The highest BCUT2D eigenvalue weighted by atomic mass is 16.5. The first-order valence-corrected chi connectivity index (χ1v) is 7.22. The second kappa shape index (κ2) is 6.98. The SMILES string of the molecule is N#Cc1cnc(Nc2cccc(CN3CCOCC3)c2)cn1. The molecule has 0 bridgehead atoms. The molecule has 1 aromatic heterocycles. The Kier molecular flexibility index (Phi) is 4.59. The van der Waals surface area contributed by atoms with E-state index >= 15 is 0 Å². The number of aromatic nitrogens is 2. The largest absolute Gasteiger partial charge is 0.379 e. The van der Waals surface area contributed by atoms with Gasteiger partial charge in [-0.1, -0.05) is 12.1 Å². The molecule has 1 saturated heterocycles. The molecule has 2 heterocycles. The van der Waals surface area contributed by atoms with E-state index < -0.39 is 0 Å². The standard InChI is InChI=1S/C16H17N5O/c17-9-15-10-19-16(11-18-15)20-14-3-1-2-13(8-14)12-21-4-6-22-7-5-21/h1-3,8,10-11H,4-7,12H2,(H,19,20). The molecule has 1 aromatic carbocycles. The van der Waals surface area contributed by atoms with Crippen molar-refractivity contribution in [3.8, 4) is 6.07 Å². The Labute approximate surface area is 129 Å². The summed E-state index contributed by atoms with van der Waals surface area (Å²) < 4.78 is 5.37. The van der Waals surface area contributed by atoms with Gasteiger partial charge in [-0.3, -0.25) is 4.90 Å². The molecule has 0 spiro atoms. The summed E-state index contributed by atoms with van der Waals surface area (Å²) in [5, 5.41) is 11.9. The molecular formula is C16H17N5O. The maximum atomic E-state index is 8.72. The lowest BCUT2D eigenvalue weighted by Gasteiger charge is -2.26. The summed E-state index contributed by atoms with van der Waals surface area (Å²) in [6.07, 6.45) is 3.02. The minimum Gasteiger partial charge on any atom is -0.379 e. The monoisotopic (exact) mass is 295 g/mol. The Morgan fingerprint density at radius 3 is 2.82 bits per heavy atom. The van der Waals surface area contributed by atoms with Crippen LogP contribution in [0.5, 0.6) is 0 Å². The summed E-state index contributed by atoms with van der Waals surface area (Å²) in [4.78, 5) is 10.5. The van der Waals surface area contributed by atoms with Crippen molar-refractivity contribution in [1.29, 1.82) is 5.26 Å². The molecule has 1 aliphatic rings. The summed E-state index contributed by atoms with van der Waals surface area (Å²) in [5.74, 6) is 0.627. The molecular weight excluding hydrogens is 278 g/mol. The van der Waals surface area contributed by atoms with E-state index in [1.54, 1.807) is 6.20 Å². The minimum atomic E-state index is 0.312. The topological polar surface area (TPSA) is 74.1 Å². The number of nitrogens with zero attached hydrogens (tertiary/aromatic N) is 4. The zero-order chi connectivity index (χ0) is 15.2. The maximum Gasteiger partial charge on any atom is 0.158 e. The van der Waals surface area contributed by atoms with Crippen LogP contribution in [0.15, 0.2) is 36.7 Å². The first-order chi connectivity index (χ1) is 10.8. The number of morpholine rings is 1. The van der Waals surface area contributed by atoms with Gasteiger partial charge in [0.05, 0.1) is 25.6 Å². The fraction of sp³-hybridized carbons (Fsp3) is 0.312. The van der Waals surface area contributed by atoms with E-state index in [9.17, 15) is 0 Å². The number of nitriles is 1. The molecule has 0 radical (unpaired) electrons. The lowest BCUT2D eigenvalue weighted by atomic mass is 10.2. The number of ether oxygens (including phenoxy) is 1. The highest BCUT2D eigenvalue weighted by Gasteiger charge is 2.10. The third kappa shape index (κ3) is 3.79. The Balaban J connectivity index is 1.66. The second-order valence-corrected chi connectivity index (χ2v) is 5.11. The van der Waals surface area contributed by atoms with Crippen LogP contribution in [-0.2, 0) is 11.3 Å². The van der Waals surface area contributed by atoms with Gasteiger partial charge in [-0.2, -0.15) is 5.26 Å². The summed E-state index contributed by atoms with van der Waals surface area (Å²) in [6, 6.07) is 10.2. The van der Waals surface area contributed by atoms with Crippen molar-refractivity contribution in [3.63, 3.8) is 0 Å². The smallest absolute Gasteiger partial charge is 0.158 e. The summed E-state index contributed by atoms with van der Waals surface area (Å²) in [6.45, 7) is 4.47. The molecule has 22 heavy (non-hydrogen) atoms. The molecule has 1 fully saturated rings. The van der Waals surface area contributed by atoms with Gasteiger partial charge in [0.1, 0.15) is 11.9 Å². The molecule has 6 nitrogen and oxygen atoms in total. The lowest BCUT2D eigenvalue weighted by molar-refractivity contribution is 0.0342. The van der Waals surface area contributed by atoms with E-state index in [1.165, 1.54) is 11.8 Å². The van der Waals surface area contributed by atoms with E-state index in [0.717, 1.165) is 38.5 Å². The first kappa shape index (κ1) is 14.4. The Hall–Kier alpha value is -2.49. The number of anilines is 2. The minimum absolute atomic E-state index is 0.312. The number of hydrogen-bond donors (Lipinski definition) is 1. The third-order valence-electron chi connectivity index (χ3n) is 3.48. The van der Waals surface area contributed by atoms with Gasteiger partial charge < -0.3 is 10.1 Å². The fourth-order valence-electron chi connectivity index (χ4n) is 2.36. The van der Waals surface area contributed by atoms with Gasteiger partial charge in [0.25, 0.3) is 0 Å². The van der Waals surface area contributed by atoms with Gasteiger partial charge >= 0.3 is 0 Å². The molecule has 1 N–H and O–H groups in total. The Morgan fingerprint density at radius 2 is 2.09 bits per heavy atom. The normalized spacial score (nSPS) is 15.2. The third-order valence-corrected chi connectivity index (χ3v) is 3.48. The van der Waals surface area contributed by atoms with Crippen molar-refractivity contribution in [1.82, 2.24) is 14.9 Å². The van der Waals surface area contributed by atoms with Crippen LogP contribution in [0, 0.1) is 11.3 Å². The van der Waals surface area contributed by atoms with Crippen LogP contribution in [0.3, 0.4) is 0 Å². The molecule has 112 valence electrons. The summed E-state index contributed by atoms with van der Waals surface area (Å²) in [5.41, 5.74) is 2.52. The Morgan fingerprint density at radius 1 is 1.23 bits per heavy atom. The van der Waals surface area contributed by atoms with Crippen molar-refractivity contribution in [2.75, 3.05) is 31.6 Å². The molecule has 0 unspecified atom stereocenters. The van der Waals surface area contributed by atoms with Crippen molar-refractivity contribution in [3.05, 3.63) is 47.9 Å². The van der Waals surface area contributed by atoms with Crippen LogP contribution < -0.4 is 5.32 Å². The van der Waals surface area contributed by atoms with Crippen molar-refractivity contribution >= 4 is 11.5 Å². The van der Waals surface area contributed by atoms with Gasteiger partial charge in [0.2, 0.25) is 0 Å². The quantitative estimate of drug-likeness (QED) is 0.929. The lowest BCUT2D eigenvalue weighted by Crippen LogP contribution is -2.35. The summed E-state index contributed by atoms with van der Waals surface area (Å²) in [7, 11) is 0. The van der Waals surface area contributed by atoms with E-state index in [-0.39, 0.29) is 0 Å². The molecule has 3 rings (SSSR count). The zero-order valence-corrected chi connectivity index (χ0v) is 12.2. The molecule has 0 saturated carbocycles. The van der Waals surface area contributed by atoms with E-state index in [1.807, 2.05) is 18.2 Å².